The summed E-state index contributed by atoms with van der Waals surface area (Å²) in [7, 11) is 0. The lowest BCUT2D eigenvalue weighted by molar-refractivity contribution is 0.389. The van der Waals surface area contributed by atoms with Gasteiger partial charge in [0.1, 0.15) is 0 Å². The van der Waals surface area contributed by atoms with Gasteiger partial charge >= 0.3 is 0 Å². The molecule has 0 aliphatic carbocycles. The van der Waals surface area contributed by atoms with E-state index in [9.17, 15) is 0 Å². The van der Waals surface area contributed by atoms with E-state index in [0.717, 1.165) is 6.42 Å². The zero-order valence-corrected chi connectivity index (χ0v) is 10.8. The van der Waals surface area contributed by atoms with Crippen LogP contribution in [0.4, 0.5) is 0 Å². The second-order valence-corrected chi connectivity index (χ2v) is 5.77. The number of benzene rings is 2. The summed E-state index contributed by atoms with van der Waals surface area (Å²) in [5.74, 6) is 0. The van der Waals surface area contributed by atoms with Crippen LogP contribution in [0, 0.1) is 6.92 Å². The molecule has 0 saturated carbocycles. The van der Waals surface area contributed by atoms with E-state index in [1.165, 1.54) is 27.8 Å². The molecule has 18 heavy (non-hydrogen) atoms. The summed E-state index contributed by atoms with van der Waals surface area (Å²) in [6, 6.07) is 16.2. The molecular formula is C17H17N. The first-order valence-electron chi connectivity index (χ1n) is 6.65. The van der Waals surface area contributed by atoms with Crippen LogP contribution in [0.3, 0.4) is 0 Å². The molecule has 2 aromatic rings. The van der Waals surface area contributed by atoms with Gasteiger partial charge in [0, 0.05) is 6.04 Å². The van der Waals surface area contributed by atoms with Crippen molar-refractivity contribution >= 4 is 0 Å². The van der Waals surface area contributed by atoms with Gasteiger partial charge in [-0.15, -0.1) is 0 Å². The fraction of sp³-hybridized carbons (Fsp3) is 0.294. The summed E-state index contributed by atoms with van der Waals surface area (Å²) in [5.41, 5.74) is 7.25. The van der Waals surface area contributed by atoms with Crippen molar-refractivity contribution in [2.45, 2.75) is 31.8 Å². The van der Waals surface area contributed by atoms with Crippen molar-refractivity contribution < 1.29 is 0 Å². The van der Waals surface area contributed by atoms with Gasteiger partial charge in [-0.05, 0) is 42.5 Å². The Morgan fingerprint density at radius 3 is 2.83 bits per heavy atom. The molecule has 2 atom stereocenters. The lowest BCUT2D eigenvalue weighted by Crippen LogP contribution is -2.41. The van der Waals surface area contributed by atoms with Gasteiger partial charge in [0.2, 0.25) is 0 Å². The Balaban J connectivity index is 2.04. The topological polar surface area (TPSA) is 12.0 Å². The summed E-state index contributed by atoms with van der Waals surface area (Å²) in [6.07, 6.45) is 1.11. The van der Waals surface area contributed by atoms with Gasteiger partial charge < -0.3 is 0 Å². The van der Waals surface area contributed by atoms with Crippen molar-refractivity contribution in [2.24, 2.45) is 0 Å². The molecule has 2 aliphatic heterocycles. The van der Waals surface area contributed by atoms with Crippen molar-refractivity contribution in [1.82, 2.24) is 5.32 Å². The third-order valence-corrected chi connectivity index (χ3v) is 4.57. The SMILES string of the molecule is Cc1ccc2c(c1)C1(C)NC2Cc2ccccc21. The molecule has 1 nitrogen and oxygen atoms in total. The van der Waals surface area contributed by atoms with Crippen LogP contribution in [0.2, 0.25) is 0 Å². The van der Waals surface area contributed by atoms with E-state index in [1.54, 1.807) is 0 Å². The molecule has 0 fully saturated rings. The normalized spacial score (nSPS) is 27.8. The van der Waals surface area contributed by atoms with Crippen molar-refractivity contribution in [3.8, 4) is 0 Å². The van der Waals surface area contributed by atoms with Gasteiger partial charge in [-0.2, -0.15) is 0 Å². The number of fused-ring (bicyclic) bond motifs is 7. The van der Waals surface area contributed by atoms with Gasteiger partial charge in [-0.25, -0.2) is 0 Å². The molecule has 2 aliphatic rings. The summed E-state index contributed by atoms with van der Waals surface area (Å²) in [5, 5.41) is 3.82. The third-order valence-electron chi connectivity index (χ3n) is 4.57. The molecular weight excluding hydrogens is 218 g/mol. The molecule has 2 bridgehead atoms. The third kappa shape index (κ3) is 1.15. The second-order valence-electron chi connectivity index (χ2n) is 5.77. The number of hydrogen-bond acceptors (Lipinski definition) is 1. The number of nitrogens with one attached hydrogen (secondary N) is 1. The molecule has 0 amide bonds. The standard InChI is InChI=1S/C17H17N/c1-11-7-8-13-15(9-11)17(2)14-6-4-3-5-12(14)10-16(13)18-17/h3-9,16,18H,10H2,1-2H3. The lowest BCUT2D eigenvalue weighted by Gasteiger charge is -2.34. The van der Waals surface area contributed by atoms with Crippen molar-refractivity contribution in [1.29, 1.82) is 0 Å². The molecule has 4 rings (SSSR count). The summed E-state index contributed by atoms with van der Waals surface area (Å²) < 4.78 is 0. The summed E-state index contributed by atoms with van der Waals surface area (Å²) >= 11 is 0. The first-order chi connectivity index (χ1) is 8.68. The van der Waals surface area contributed by atoms with Gasteiger partial charge in [0.25, 0.3) is 0 Å². The van der Waals surface area contributed by atoms with Crippen LogP contribution >= 0.6 is 0 Å². The number of rotatable bonds is 0. The van der Waals surface area contributed by atoms with E-state index < -0.39 is 0 Å². The maximum absolute atomic E-state index is 3.82. The summed E-state index contributed by atoms with van der Waals surface area (Å²) in [4.78, 5) is 0. The van der Waals surface area contributed by atoms with Crippen LogP contribution < -0.4 is 5.32 Å². The number of hydrogen-bond donors (Lipinski definition) is 1. The molecule has 1 heteroatoms. The molecule has 2 heterocycles. The number of aryl methyl sites for hydroxylation is 1. The van der Waals surface area contributed by atoms with Crippen LogP contribution in [0.1, 0.15) is 40.8 Å². The van der Waals surface area contributed by atoms with E-state index in [2.05, 4.69) is 61.6 Å². The Labute approximate surface area is 108 Å². The Morgan fingerprint density at radius 1 is 1.11 bits per heavy atom. The van der Waals surface area contributed by atoms with Crippen LogP contribution in [-0.4, -0.2) is 0 Å². The lowest BCUT2D eigenvalue weighted by atomic mass is 9.82. The molecule has 2 unspecified atom stereocenters. The highest BCUT2D eigenvalue weighted by Crippen LogP contribution is 2.48. The van der Waals surface area contributed by atoms with E-state index in [0.29, 0.717) is 6.04 Å². The first kappa shape index (κ1) is 10.3. The quantitative estimate of drug-likeness (QED) is 0.737. The molecule has 0 radical (unpaired) electrons. The highest BCUT2D eigenvalue weighted by Gasteiger charge is 2.45. The minimum atomic E-state index is 0.000856. The second kappa shape index (κ2) is 3.24. The fourth-order valence-corrected chi connectivity index (χ4v) is 3.70. The van der Waals surface area contributed by atoms with E-state index in [-0.39, 0.29) is 5.54 Å². The highest BCUT2D eigenvalue weighted by molar-refractivity contribution is 5.55. The maximum atomic E-state index is 3.82. The average molecular weight is 235 g/mol. The minimum absolute atomic E-state index is 0.000856. The van der Waals surface area contributed by atoms with Gasteiger partial charge in [-0.3, -0.25) is 5.32 Å². The molecule has 1 N–H and O–H groups in total. The smallest absolute Gasteiger partial charge is 0.0672 e. The average Bonchev–Trinajstić information content (AvgIpc) is 2.59. The van der Waals surface area contributed by atoms with E-state index in [4.69, 9.17) is 0 Å². The molecule has 0 aromatic heterocycles. The van der Waals surface area contributed by atoms with Crippen LogP contribution in [-0.2, 0) is 12.0 Å². The Kier molecular flexibility index (Phi) is 1.86. The molecule has 90 valence electrons. The van der Waals surface area contributed by atoms with Crippen molar-refractivity contribution in [3.63, 3.8) is 0 Å². The predicted octanol–water partition coefficient (Wildman–Crippen LogP) is 3.46. The summed E-state index contributed by atoms with van der Waals surface area (Å²) in [6.45, 7) is 4.50. The Morgan fingerprint density at radius 2 is 1.94 bits per heavy atom. The van der Waals surface area contributed by atoms with Crippen LogP contribution in [0.5, 0.6) is 0 Å². The zero-order valence-electron chi connectivity index (χ0n) is 10.8. The first-order valence-corrected chi connectivity index (χ1v) is 6.65. The fourth-order valence-electron chi connectivity index (χ4n) is 3.70. The van der Waals surface area contributed by atoms with Gasteiger partial charge in [-0.1, -0.05) is 48.0 Å². The van der Waals surface area contributed by atoms with Gasteiger partial charge in [0.15, 0.2) is 0 Å². The van der Waals surface area contributed by atoms with Gasteiger partial charge in [0.05, 0.1) is 5.54 Å². The van der Waals surface area contributed by atoms with Crippen molar-refractivity contribution in [3.05, 3.63) is 70.3 Å². The Bertz CT molecular complexity index is 644. The zero-order chi connectivity index (χ0) is 12.3. The monoisotopic (exact) mass is 235 g/mol. The van der Waals surface area contributed by atoms with E-state index in [1.807, 2.05) is 0 Å². The largest absolute Gasteiger partial charge is 0.297 e. The minimum Gasteiger partial charge on any atom is -0.297 e. The maximum Gasteiger partial charge on any atom is 0.0672 e. The highest BCUT2D eigenvalue weighted by atomic mass is 15.1. The molecule has 0 saturated heterocycles. The van der Waals surface area contributed by atoms with E-state index >= 15 is 0 Å². The van der Waals surface area contributed by atoms with Crippen LogP contribution in [0.15, 0.2) is 42.5 Å². The molecule has 0 spiro atoms. The molecule has 2 aromatic carbocycles. The Hall–Kier alpha value is -1.60. The predicted molar refractivity (Wildman–Crippen MR) is 73.7 cm³/mol. The van der Waals surface area contributed by atoms with Crippen LogP contribution in [0.25, 0.3) is 0 Å². The van der Waals surface area contributed by atoms with Crippen molar-refractivity contribution in [2.75, 3.05) is 0 Å².